The van der Waals surface area contributed by atoms with Gasteiger partial charge in [-0.25, -0.2) is 0 Å². The fourth-order valence-electron chi connectivity index (χ4n) is 2.51. The molecule has 0 amide bonds. The number of likely N-dealkylation sites (N-methyl/N-ethyl adjacent to an activating group) is 1. The molecule has 4 heteroatoms. The average Bonchev–Trinajstić information content (AvgIpc) is 2.51. The molecule has 0 heterocycles. The highest BCUT2D eigenvalue weighted by Crippen LogP contribution is 2.07. The van der Waals surface area contributed by atoms with Gasteiger partial charge in [0.15, 0.2) is 0 Å². The summed E-state index contributed by atoms with van der Waals surface area (Å²) < 4.78 is 5.34. The van der Waals surface area contributed by atoms with Crippen LogP contribution in [0.2, 0.25) is 0 Å². The maximum absolute atomic E-state index is 11.8. The lowest BCUT2D eigenvalue weighted by Gasteiger charge is -2.20. The van der Waals surface area contributed by atoms with Gasteiger partial charge in [-0.05, 0) is 26.6 Å². The molecule has 0 rings (SSSR count). The maximum Gasteiger partial charge on any atom is 0.320 e. The summed E-state index contributed by atoms with van der Waals surface area (Å²) in [5.74, 6) is 0.278. The van der Waals surface area contributed by atoms with Gasteiger partial charge in [0.2, 0.25) is 0 Å². The van der Waals surface area contributed by atoms with Crippen LogP contribution >= 0.6 is 0 Å². The second kappa shape index (κ2) is 15.3. The smallest absolute Gasteiger partial charge is 0.320 e. The summed E-state index contributed by atoms with van der Waals surface area (Å²) in [5.41, 5.74) is 0. The van der Waals surface area contributed by atoms with E-state index < -0.39 is 0 Å². The van der Waals surface area contributed by atoms with E-state index in [2.05, 4.69) is 31.0 Å². The molecule has 0 saturated heterocycles. The van der Waals surface area contributed by atoms with Crippen molar-refractivity contribution in [1.29, 1.82) is 0 Å². The van der Waals surface area contributed by atoms with Gasteiger partial charge in [-0.3, -0.25) is 9.69 Å². The Hall–Kier alpha value is -0.610. The highest BCUT2D eigenvalue weighted by molar-refractivity contribution is 5.71. The second-order valence-corrected chi connectivity index (χ2v) is 6.34. The van der Waals surface area contributed by atoms with Crippen molar-refractivity contribution in [3.8, 4) is 0 Å². The molecule has 0 aromatic heterocycles. The standard InChI is InChI=1S/C18H38N2O2/c1-5-7-8-9-10-11-12-13-20(6-2)15-18(21)22-16-17(3)14-19-4/h17,19H,5-16H2,1-4H3. The number of hydrogen-bond acceptors (Lipinski definition) is 4. The van der Waals surface area contributed by atoms with Crippen molar-refractivity contribution in [2.75, 3.05) is 39.8 Å². The lowest BCUT2D eigenvalue weighted by molar-refractivity contribution is -0.146. The van der Waals surface area contributed by atoms with Crippen LogP contribution in [0.1, 0.15) is 65.7 Å². The van der Waals surface area contributed by atoms with Crippen molar-refractivity contribution in [2.45, 2.75) is 65.7 Å². The SMILES string of the molecule is CCCCCCCCCN(CC)CC(=O)OCC(C)CNC. The van der Waals surface area contributed by atoms with Gasteiger partial charge in [0, 0.05) is 12.5 Å². The summed E-state index contributed by atoms with van der Waals surface area (Å²) in [6, 6.07) is 0. The Labute approximate surface area is 138 Å². The lowest BCUT2D eigenvalue weighted by Crippen LogP contribution is -2.33. The van der Waals surface area contributed by atoms with Crippen LogP contribution in [-0.2, 0) is 9.53 Å². The molecule has 22 heavy (non-hydrogen) atoms. The van der Waals surface area contributed by atoms with Gasteiger partial charge in [-0.2, -0.15) is 0 Å². The first kappa shape index (κ1) is 21.4. The van der Waals surface area contributed by atoms with Crippen LogP contribution in [0.4, 0.5) is 0 Å². The minimum atomic E-state index is -0.0900. The Morgan fingerprint density at radius 2 is 1.73 bits per heavy atom. The largest absolute Gasteiger partial charge is 0.464 e. The van der Waals surface area contributed by atoms with E-state index in [0.717, 1.165) is 19.6 Å². The van der Waals surface area contributed by atoms with E-state index in [1.54, 1.807) is 0 Å². The molecule has 0 saturated carbocycles. The topological polar surface area (TPSA) is 41.6 Å². The normalized spacial score (nSPS) is 12.6. The molecule has 0 spiro atoms. The van der Waals surface area contributed by atoms with Crippen molar-refractivity contribution >= 4 is 5.97 Å². The van der Waals surface area contributed by atoms with E-state index in [0.29, 0.717) is 19.1 Å². The van der Waals surface area contributed by atoms with Gasteiger partial charge in [0.25, 0.3) is 0 Å². The molecular formula is C18H38N2O2. The van der Waals surface area contributed by atoms with E-state index in [1.165, 1.54) is 44.9 Å². The van der Waals surface area contributed by atoms with Crippen LogP contribution in [0, 0.1) is 5.92 Å². The fourth-order valence-corrected chi connectivity index (χ4v) is 2.51. The molecule has 0 aromatic carbocycles. The summed E-state index contributed by atoms with van der Waals surface area (Å²) >= 11 is 0. The van der Waals surface area contributed by atoms with Gasteiger partial charge in [-0.1, -0.05) is 59.3 Å². The zero-order chi connectivity index (χ0) is 16.6. The van der Waals surface area contributed by atoms with Crippen molar-refractivity contribution < 1.29 is 9.53 Å². The van der Waals surface area contributed by atoms with Crippen LogP contribution in [0.5, 0.6) is 0 Å². The van der Waals surface area contributed by atoms with Gasteiger partial charge in [0.1, 0.15) is 0 Å². The summed E-state index contributed by atoms with van der Waals surface area (Å²) in [7, 11) is 1.92. The van der Waals surface area contributed by atoms with Crippen molar-refractivity contribution in [2.24, 2.45) is 5.92 Å². The minimum absolute atomic E-state index is 0.0900. The zero-order valence-corrected chi connectivity index (χ0v) is 15.3. The molecule has 0 aromatic rings. The van der Waals surface area contributed by atoms with Crippen molar-refractivity contribution in [1.82, 2.24) is 10.2 Å². The van der Waals surface area contributed by atoms with E-state index in [9.17, 15) is 4.79 Å². The Morgan fingerprint density at radius 1 is 1.09 bits per heavy atom. The first-order valence-electron chi connectivity index (χ1n) is 9.16. The third kappa shape index (κ3) is 13.1. The number of carbonyl (C=O) groups excluding carboxylic acids is 1. The molecular weight excluding hydrogens is 276 g/mol. The summed E-state index contributed by atoms with van der Waals surface area (Å²) in [6.45, 7) is 10.2. The molecule has 1 N–H and O–H groups in total. The monoisotopic (exact) mass is 314 g/mol. The van der Waals surface area contributed by atoms with Crippen LogP contribution in [0.15, 0.2) is 0 Å². The van der Waals surface area contributed by atoms with E-state index in [1.807, 2.05) is 7.05 Å². The average molecular weight is 315 g/mol. The van der Waals surface area contributed by atoms with E-state index in [4.69, 9.17) is 4.74 Å². The predicted molar refractivity (Wildman–Crippen MR) is 94.2 cm³/mol. The number of esters is 1. The molecule has 0 fully saturated rings. The Kier molecular flexibility index (Phi) is 14.9. The minimum Gasteiger partial charge on any atom is -0.464 e. The molecule has 0 aliphatic carbocycles. The third-order valence-electron chi connectivity index (χ3n) is 3.96. The van der Waals surface area contributed by atoms with Crippen LogP contribution in [-0.4, -0.2) is 50.7 Å². The number of rotatable bonds is 15. The summed E-state index contributed by atoms with van der Waals surface area (Å²) in [5, 5.41) is 3.09. The third-order valence-corrected chi connectivity index (χ3v) is 3.96. The number of carbonyl (C=O) groups is 1. The van der Waals surface area contributed by atoms with Crippen LogP contribution < -0.4 is 5.32 Å². The van der Waals surface area contributed by atoms with E-state index in [-0.39, 0.29) is 5.97 Å². The summed E-state index contributed by atoms with van der Waals surface area (Å²) in [6.07, 6.45) is 9.16. The molecule has 4 nitrogen and oxygen atoms in total. The number of ether oxygens (including phenoxy) is 1. The highest BCUT2D eigenvalue weighted by atomic mass is 16.5. The van der Waals surface area contributed by atoms with Crippen molar-refractivity contribution in [3.05, 3.63) is 0 Å². The zero-order valence-electron chi connectivity index (χ0n) is 15.3. The van der Waals surface area contributed by atoms with Gasteiger partial charge in [-0.15, -0.1) is 0 Å². The first-order valence-corrected chi connectivity index (χ1v) is 9.16. The maximum atomic E-state index is 11.8. The van der Waals surface area contributed by atoms with Gasteiger partial charge < -0.3 is 10.1 Å². The van der Waals surface area contributed by atoms with Crippen LogP contribution in [0.25, 0.3) is 0 Å². The first-order chi connectivity index (χ1) is 10.6. The van der Waals surface area contributed by atoms with Crippen molar-refractivity contribution in [3.63, 3.8) is 0 Å². The van der Waals surface area contributed by atoms with Gasteiger partial charge >= 0.3 is 5.97 Å². The molecule has 0 bridgehead atoms. The Morgan fingerprint density at radius 3 is 2.32 bits per heavy atom. The molecule has 1 unspecified atom stereocenters. The Bertz CT molecular complexity index is 259. The van der Waals surface area contributed by atoms with Gasteiger partial charge in [0.05, 0.1) is 13.2 Å². The Balaban J connectivity index is 3.66. The highest BCUT2D eigenvalue weighted by Gasteiger charge is 2.11. The second-order valence-electron chi connectivity index (χ2n) is 6.34. The number of hydrogen-bond donors (Lipinski definition) is 1. The molecule has 132 valence electrons. The predicted octanol–water partition coefficient (Wildman–Crippen LogP) is 3.46. The van der Waals surface area contributed by atoms with Crippen LogP contribution in [0.3, 0.4) is 0 Å². The number of unbranched alkanes of at least 4 members (excludes halogenated alkanes) is 6. The molecule has 1 atom stereocenters. The van der Waals surface area contributed by atoms with E-state index >= 15 is 0 Å². The quantitative estimate of drug-likeness (QED) is 0.371. The molecule has 0 aliphatic heterocycles. The summed E-state index contributed by atoms with van der Waals surface area (Å²) in [4.78, 5) is 14.0. The molecule has 0 radical (unpaired) electrons. The fraction of sp³-hybridized carbons (Fsp3) is 0.944. The number of nitrogens with one attached hydrogen (secondary N) is 1. The molecule has 0 aliphatic rings. The number of nitrogens with zero attached hydrogens (tertiary/aromatic N) is 1. The lowest BCUT2D eigenvalue weighted by atomic mass is 10.1.